The fourth-order valence-electron chi connectivity index (χ4n) is 3.14. The van der Waals surface area contributed by atoms with Gasteiger partial charge in [-0.1, -0.05) is 31.2 Å². The Morgan fingerprint density at radius 2 is 2.12 bits per heavy atom. The summed E-state index contributed by atoms with van der Waals surface area (Å²) in [6.07, 6.45) is 3.66. The van der Waals surface area contributed by atoms with Gasteiger partial charge < -0.3 is 5.73 Å². The molecule has 1 heterocycles. The molecule has 0 bridgehead atoms. The smallest absolute Gasteiger partial charge is 0.0388 e. The average Bonchev–Trinajstić information content (AvgIpc) is 2.38. The van der Waals surface area contributed by atoms with Crippen molar-refractivity contribution in [2.45, 2.75) is 32.2 Å². The van der Waals surface area contributed by atoms with Crippen LogP contribution in [0, 0.1) is 5.92 Å². The maximum atomic E-state index is 5.96. The van der Waals surface area contributed by atoms with E-state index in [2.05, 4.69) is 43.1 Å². The van der Waals surface area contributed by atoms with E-state index in [1.807, 2.05) is 0 Å². The van der Waals surface area contributed by atoms with Gasteiger partial charge in [0.1, 0.15) is 0 Å². The van der Waals surface area contributed by atoms with E-state index in [-0.39, 0.29) is 0 Å². The van der Waals surface area contributed by atoms with Gasteiger partial charge in [0.15, 0.2) is 0 Å². The van der Waals surface area contributed by atoms with Crippen molar-refractivity contribution in [3.05, 3.63) is 35.4 Å². The van der Waals surface area contributed by atoms with Crippen LogP contribution >= 0.6 is 0 Å². The third-order valence-corrected chi connectivity index (χ3v) is 4.06. The molecule has 2 rings (SSSR count). The molecule has 1 aliphatic rings. The minimum Gasteiger partial charge on any atom is -0.330 e. The summed E-state index contributed by atoms with van der Waals surface area (Å²) in [6.45, 7) is 4.23. The monoisotopic (exact) mass is 232 g/mol. The summed E-state index contributed by atoms with van der Waals surface area (Å²) in [5.74, 6) is 0.612. The van der Waals surface area contributed by atoms with Crippen LogP contribution in [0.5, 0.6) is 0 Å². The van der Waals surface area contributed by atoms with Crippen LogP contribution < -0.4 is 5.73 Å². The first-order chi connectivity index (χ1) is 8.27. The van der Waals surface area contributed by atoms with E-state index in [9.17, 15) is 0 Å². The Kier molecular flexibility index (Phi) is 4.19. The number of hydrogen-bond acceptors (Lipinski definition) is 2. The first kappa shape index (κ1) is 12.6. The summed E-state index contributed by atoms with van der Waals surface area (Å²) < 4.78 is 0. The quantitative estimate of drug-likeness (QED) is 0.868. The number of likely N-dealkylation sites (tertiary alicyclic amines) is 1. The zero-order valence-corrected chi connectivity index (χ0v) is 11.0. The van der Waals surface area contributed by atoms with E-state index in [4.69, 9.17) is 5.73 Å². The third kappa shape index (κ3) is 2.53. The van der Waals surface area contributed by atoms with E-state index >= 15 is 0 Å². The second-order valence-electron chi connectivity index (χ2n) is 5.12. The molecular weight excluding hydrogens is 208 g/mol. The minimum absolute atomic E-state index is 0.518. The standard InChI is InChI=1S/C15H24N2/c1-3-12-7-4-5-9-14(12)15-13(11-16)8-6-10-17(15)2/h4-5,7,9,13,15H,3,6,8,10-11,16H2,1-2H3. The zero-order valence-electron chi connectivity index (χ0n) is 11.0. The number of aryl methyl sites for hydroxylation is 1. The summed E-state index contributed by atoms with van der Waals surface area (Å²) >= 11 is 0. The summed E-state index contributed by atoms with van der Waals surface area (Å²) in [7, 11) is 2.24. The summed E-state index contributed by atoms with van der Waals surface area (Å²) in [4.78, 5) is 2.48. The largest absolute Gasteiger partial charge is 0.330 e. The molecule has 0 aliphatic carbocycles. The topological polar surface area (TPSA) is 29.3 Å². The van der Waals surface area contributed by atoms with E-state index in [0.717, 1.165) is 13.0 Å². The summed E-state index contributed by atoms with van der Waals surface area (Å²) in [5, 5.41) is 0. The molecule has 1 aliphatic heterocycles. The van der Waals surface area contributed by atoms with E-state index < -0.39 is 0 Å². The second-order valence-corrected chi connectivity index (χ2v) is 5.12. The Morgan fingerprint density at radius 1 is 1.35 bits per heavy atom. The number of nitrogens with two attached hydrogens (primary N) is 1. The van der Waals surface area contributed by atoms with Crippen molar-refractivity contribution in [3.8, 4) is 0 Å². The van der Waals surface area contributed by atoms with Crippen LogP contribution in [-0.2, 0) is 6.42 Å². The van der Waals surface area contributed by atoms with Gasteiger partial charge >= 0.3 is 0 Å². The van der Waals surface area contributed by atoms with Gasteiger partial charge in [0.2, 0.25) is 0 Å². The van der Waals surface area contributed by atoms with Crippen LogP contribution in [0.1, 0.15) is 36.9 Å². The second kappa shape index (κ2) is 5.65. The maximum absolute atomic E-state index is 5.96. The van der Waals surface area contributed by atoms with Crippen molar-refractivity contribution in [1.29, 1.82) is 0 Å². The summed E-state index contributed by atoms with van der Waals surface area (Å²) in [6, 6.07) is 9.36. The highest BCUT2D eigenvalue weighted by Crippen LogP contribution is 2.36. The van der Waals surface area contributed by atoms with Crippen LogP contribution in [-0.4, -0.2) is 25.0 Å². The third-order valence-electron chi connectivity index (χ3n) is 4.06. The highest BCUT2D eigenvalue weighted by Gasteiger charge is 2.30. The first-order valence-electron chi connectivity index (χ1n) is 6.76. The molecule has 1 aromatic carbocycles. The molecule has 0 saturated carbocycles. The number of rotatable bonds is 3. The predicted octanol–water partition coefficient (Wildman–Crippen LogP) is 2.59. The molecule has 2 atom stereocenters. The van der Waals surface area contributed by atoms with Gasteiger partial charge in [-0.05, 0) is 56.4 Å². The van der Waals surface area contributed by atoms with Gasteiger partial charge in [0, 0.05) is 6.04 Å². The van der Waals surface area contributed by atoms with Crippen LogP contribution in [0.25, 0.3) is 0 Å². The van der Waals surface area contributed by atoms with Crippen molar-refractivity contribution in [2.75, 3.05) is 20.1 Å². The highest BCUT2D eigenvalue weighted by atomic mass is 15.1. The number of piperidine rings is 1. The van der Waals surface area contributed by atoms with Gasteiger partial charge in [0.25, 0.3) is 0 Å². The van der Waals surface area contributed by atoms with Gasteiger partial charge in [0.05, 0.1) is 0 Å². The lowest BCUT2D eigenvalue weighted by atomic mass is 9.83. The lowest BCUT2D eigenvalue weighted by Crippen LogP contribution is -2.39. The molecule has 0 aromatic heterocycles. The van der Waals surface area contributed by atoms with Crippen LogP contribution in [0.2, 0.25) is 0 Å². The molecule has 2 nitrogen and oxygen atoms in total. The number of benzene rings is 1. The maximum Gasteiger partial charge on any atom is 0.0388 e. The fraction of sp³-hybridized carbons (Fsp3) is 0.600. The lowest BCUT2D eigenvalue weighted by Gasteiger charge is -2.40. The van der Waals surface area contributed by atoms with Gasteiger partial charge in [-0.3, -0.25) is 4.90 Å². The van der Waals surface area contributed by atoms with Crippen LogP contribution in [0.3, 0.4) is 0 Å². The Morgan fingerprint density at radius 3 is 2.82 bits per heavy atom. The van der Waals surface area contributed by atoms with Crippen molar-refractivity contribution >= 4 is 0 Å². The molecule has 0 spiro atoms. The Bertz CT molecular complexity index is 362. The SMILES string of the molecule is CCc1ccccc1C1C(CN)CCCN1C. The fourth-order valence-corrected chi connectivity index (χ4v) is 3.14. The van der Waals surface area contributed by atoms with E-state index in [1.54, 1.807) is 0 Å². The number of nitrogens with zero attached hydrogens (tertiary/aromatic N) is 1. The van der Waals surface area contributed by atoms with E-state index in [0.29, 0.717) is 12.0 Å². The molecule has 1 saturated heterocycles. The summed E-state index contributed by atoms with van der Waals surface area (Å²) in [5.41, 5.74) is 8.93. The van der Waals surface area contributed by atoms with Gasteiger partial charge in [-0.25, -0.2) is 0 Å². The predicted molar refractivity (Wildman–Crippen MR) is 73.0 cm³/mol. The molecule has 17 heavy (non-hydrogen) atoms. The van der Waals surface area contributed by atoms with Gasteiger partial charge in [-0.15, -0.1) is 0 Å². The Labute approximate surface area is 105 Å². The molecular formula is C15H24N2. The molecule has 1 fully saturated rings. The number of hydrogen-bond donors (Lipinski definition) is 1. The molecule has 0 radical (unpaired) electrons. The van der Waals surface area contributed by atoms with Crippen molar-refractivity contribution in [3.63, 3.8) is 0 Å². The molecule has 2 unspecified atom stereocenters. The molecule has 1 aromatic rings. The molecule has 94 valence electrons. The van der Waals surface area contributed by atoms with Crippen molar-refractivity contribution < 1.29 is 0 Å². The van der Waals surface area contributed by atoms with Crippen LogP contribution in [0.4, 0.5) is 0 Å². The Balaban J connectivity index is 2.34. The minimum atomic E-state index is 0.518. The highest BCUT2D eigenvalue weighted by molar-refractivity contribution is 5.31. The normalized spacial score (nSPS) is 26.1. The van der Waals surface area contributed by atoms with E-state index in [1.165, 1.54) is 30.5 Å². The first-order valence-corrected chi connectivity index (χ1v) is 6.76. The van der Waals surface area contributed by atoms with Crippen molar-refractivity contribution in [1.82, 2.24) is 4.90 Å². The van der Waals surface area contributed by atoms with Gasteiger partial charge in [-0.2, -0.15) is 0 Å². The van der Waals surface area contributed by atoms with Crippen LogP contribution in [0.15, 0.2) is 24.3 Å². The van der Waals surface area contributed by atoms with Crippen molar-refractivity contribution in [2.24, 2.45) is 11.7 Å². The zero-order chi connectivity index (χ0) is 12.3. The Hall–Kier alpha value is -0.860. The lowest BCUT2D eigenvalue weighted by molar-refractivity contribution is 0.124. The molecule has 2 heteroatoms. The molecule has 0 amide bonds. The molecule has 2 N–H and O–H groups in total. The average molecular weight is 232 g/mol.